The lowest BCUT2D eigenvalue weighted by molar-refractivity contribution is -0.155. The molecule has 0 aromatic carbocycles. The molecule has 0 amide bonds. The molecule has 0 bridgehead atoms. The number of aliphatic hydroxyl groups is 1. The Hall–Kier alpha value is -1.89. The van der Waals surface area contributed by atoms with Gasteiger partial charge in [-0.05, 0) is 39.0 Å². The molecule has 7 heteroatoms. The quantitative estimate of drug-likeness (QED) is 0.809. The van der Waals surface area contributed by atoms with Crippen molar-refractivity contribution >= 4 is 11.9 Å². The normalized spacial score (nSPS) is 26.2. The molecule has 1 aromatic rings. The topological polar surface area (TPSA) is 102 Å². The number of nitrogens with zero attached hydrogens (tertiary/aromatic N) is 2. The van der Waals surface area contributed by atoms with E-state index in [0.717, 1.165) is 11.1 Å². The van der Waals surface area contributed by atoms with Gasteiger partial charge >= 0.3 is 11.9 Å². The van der Waals surface area contributed by atoms with Crippen molar-refractivity contribution in [2.45, 2.75) is 51.4 Å². The summed E-state index contributed by atoms with van der Waals surface area (Å²) in [4.78, 5) is 23.4. The van der Waals surface area contributed by atoms with Crippen LogP contribution < -0.4 is 0 Å². The van der Waals surface area contributed by atoms with Crippen LogP contribution in [0.5, 0.6) is 0 Å². The van der Waals surface area contributed by atoms with Crippen molar-refractivity contribution in [1.82, 2.24) is 9.78 Å². The van der Waals surface area contributed by atoms with Gasteiger partial charge in [0.15, 0.2) is 5.69 Å². The summed E-state index contributed by atoms with van der Waals surface area (Å²) in [5.41, 5.74) is 0.345. The van der Waals surface area contributed by atoms with E-state index in [-0.39, 0.29) is 24.1 Å². The minimum absolute atomic E-state index is 0.0000841. The molecule has 3 rings (SSSR count). The number of ether oxygens (including phenoxy) is 1. The summed E-state index contributed by atoms with van der Waals surface area (Å²) in [6.45, 7) is 4.95. The molecule has 0 spiro atoms. The van der Waals surface area contributed by atoms with Crippen LogP contribution in [0.1, 0.15) is 61.0 Å². The first-order valence-electron chi connectivity index (χ1n) is 6.93. The zero-order chi connectivity index (χ0) is 15.5. The third kappa shape index (κ3) is 2.31. The molecule has 3 atom stereocenters. The Morgan fingerprint density at radius 1 is 1.43 bits per heavy atom. The highest BCUT2D eigenvalue weighted by Gasteiger charge is 2.56. The van der Waals surface area contributed by atoms with Crippen molar-refractivity contribution < 1.29 is 24.5 Å². The smallest absolute Gasteiger partial charge is 0.354 e. The van der Waals surface area contributed by atoms with E-state index in [9.17, 15) is 19.8 Å². The first-order chi connectivity index (χ1) is 9.69. The van der Waals surface area contributed by atoms with Crippen LogP contribution in [0.2, 0.25) is 0 Å². The van der Waals surface area contributed by atoms with Gasteiger partial charge in [0.25, 0.3) is 0 Å². The summed E-state index contributed by atoms with van der Waals surface area (Å²) in [5, 5.41) is 23.6. The number of carbonyl (C=O) groups is 2. The molecule has 2 aliphatic carbocycles. The molecular weight excluding hydrogens is 276 g/mol. The van der Waals surface area contributed by atoms with Gasteiger partial charge in [0.05, 0.1) is 5.69 Å². The Morgan fingerprint density at radius 2 is 2.10 bits per heavy atom. The maximum absolute atomic E-state index is 11.9. The fraction of sp³-hybridized carbons (Fsp3) is 0.643. The Labute approximate surface area is 121 Å². The average molecular weight is 294 g/mol. The van der Waals surface area contributed by atoms with Gasteiger partial charge in [0.2, 0.25) is 0 Å². The number of fused-ring (bicyclic) bond motifs is 3. The third-order valence-electron chi connectivity index (χ3n) is 3.82. The molecule has 2 N–H and O–H groups in total. The molecule has 3 unspecified atom stereocenters. The predicted molar refractivity (Wildman–Crippen MR) is 70.8 cm³/mol. The number of carboxylic acid groups (broad SMARTS) is 1. The summed E-state index contributed by atoms with van der Waals surface area (Å²) in [6.07, 6.45) is 0.0648. The monoisotopic (exact) mass is 294 g/mol. The number of hydrogen-bond acceptors (Lipinski definition) is 5. The van der Waals surface area contributed by atoms with Crippen LogP contribution >= 0.6 is 0 Å². The highest BCUT2D eigenvalue weighted by atomic mass is 16.6. The Balaban J connectivity index is 1.90. The van der Waals surface area contributed by atoms with Crippen molar-refractivity contribution in [2.24, 2.45) is 5.92 Å². The molecule has 0 radical (unpaired) electrons. The summed E-state index contributed by atoms with van der Waals surface area (Å²) >= 11 is 0. The first kappa shape index (κ1) is 14.1. The largest absolute Gasteiger partial charge is 0.477 e. The van der Waals surface area contributed by atoms with Crippen LogP contribution in [0.25, 0.3) is 0 Å². The van der Waals surface area contributed by atoms with E-state index in [2.05, 4.69) is 5.10 Å². The SMILES string of the molecule is CC(C)(C)OC(=O)Cn1nc2c(c1C(=O)O)C1CC1C2O. The minimum atomic E-state index is -1.13. The molecule has 1 fully saturated rings. The van der Waals surface area contributed by atoms with Gasteiger partial charge in [-0.2, -0.15) is 5.10 Å². The number of aromatic carboxylic acids is 1. The van der Waals surface area contributed by atoms with E-state index in [1.807, 2.05) is 0 Å². The number of carbonyl (C=O) groups excluding carboxylic acids is 1. The second-order valence-corrected chi connectivity index (χ2v) is 6.65. The lowest BCUT2D eigenvalue weighted by atomic mass is 10.1. The summed E-state index contributed by atoms with van der Waals surface area (Å²) in [7, 11) is 0. The molecule has 1 heterocycles. The van der Waals surface area contributed by atoms with Gasteiger partial charge in [0.1, 0.15) is 18.2 Å². The fourth-order valence-electron chi connectivity index (χ4n) is 3.01. The van der Waals surface area contributed by atoms with Crippen LogP contribution in [0.3, 0.4) is 0 Å². The van der Waals surface area contributed by atoms with Crippen LogP contribution in [0.15, 0.2) is 0 Å². The van der Waals surface area contributed by atoms with Crippen LogP contribution in [-0.4, -0.2) is 37.5 Å². The Morgan fingerprint density at radius 3 is 2.67 bits per heavy atom. The molecule has 0 aliphatic heterocycles. The Bertz CT molecular complexity index is 628. The number of aliphatic hydroxyl groups excluding tert-OH is 1. The van der Waals surface area contributed by atoms with Gasteiger partial charge in [-0.15, -0.1) is 0 Å². The van der Waals surface area contributed by atoms with Crippen LogP contribution in [0.4, 0.5) is 0 Å². The molecule has 114 valence electrons. The predicted octanol–water partition coefficient (Wildman–Crippen LogP) is 1.07. The summed E-state index contributed by atoms with van der Waals surface area (Å²) in [5.74, 6) is -1.52. The number of hydrogen-bond donors (Lipinski definition) is 2. The zero-order valence-corrected chi connectivity index (χ0v) is 12.2. The molecule has 0 saturated heterocycles. The highest BCUT2D eigenvalue weighted by molar-refractivity contribution is 5.89. The molecule has 1 saturated carbocycles. The van der Waals surface area contributed by atoms with Gasteiger partial charge in [-0.3, -0.25) is 4.79 Å². The molecule has 21 heavy (non-hydrogen) atoms. The average Bonchev–Trinajstić information content (AvgIpc) is 2.93. The number of aromatic nitrogens is 2. The van der Waals surface area contributed by atoms with Gasteiger partial charge < -0.3 is 14.9 Å². The maximum atomic E-state index is 11.9. The number of rotatable bonds is 3. The molecule has 7 nitrogen and oxygen atoms in total. The summed E-state index contributed by atoms with van der Waals surface area (Å²) in [6, 6.07) is 0. The van der Waals surface area contributed by atoms with Gasteiger partial charge in [0, 0.05) is 5.56 Å². The number of esters is 1. The van der Waals surface area contributed by atoms with Crippen molar-refractivity contribution in [3.63, 3.8) is 0 Å². The minimum Gasteiger partial charge on any atom is -0.477 e. The van der Waals surface area contributed by atoms with Crippen LogP contribution in [0, 0.1) is 5.92 Å². The van der Waals surface area contributed by atoms with E-state index in [0.29, 0.717) is 11.3 Å². The second kappa shape index (κ2) is 4.30. The lowest BCUT2D eigenvalue weighted by Gasteiger charge is -2.19. The van der Waals surface area contributed by atoms with E-state index in [4.69, 9.17) is 4.74 Å². The van der Waals surface area contributed by atoms with Crippen LogP contribution in [-0.2, 0) is 16.1 Å². The third-order valence-corrected chi connectivity index (χ3v) is 3.82. The van der Waals surface area contributed by atoms with E-state index < -0.39 is 23.6 Å². The van der Waals surface area contributed by atoms with E-state index in [1.54, 1.807) is 20.8 Å². The Kier molecular flexibility index (Phi) is 2.88. The summed E-state index contributed by atoms with van der Waals surface area (Å²) < 4.78 is 6.32. The molecular formula is C14H18N2O5. The van der Waals surface area contributed by atoms with Gasteiger partial charge in [-0.1, -0.05) is 0 Å². The van der Waals surface area contributed by atoms with Gasteiger partial charge in [-0.25, -0.2) is 9.48 Å². The second-order valence-electron chi connectivity index (χ2n) is 6.65. The lowest BCUT2D eigenvalue weighted by Crippen LogP contribution is -2.28. The fourth-order valence-corrected chi connectivity index (χ4v) is 3.01. The van der Waals surface area contributed by atoms with Crippen molar-refractivity contribution in [2.75, 3.05) is 0 Å². The van der Waals surface area contributed by atoms with Crippen molar-refractivity contribution in [3.05, 3.63) is 17.0 Å². The van der Waals surface area contributed by atoms with E-state index >= 15 is 0 Å². The first-order valence-corrected chi connectivity index (χ1v) is 6.93. The molecule has 2 aliphatic rings. The molecule has 1 aromatic heterocycles. The number of carboxylic acids is 1. The van der Waals surface area contributed by atoms with Crippen molar-refractivity contribution in [1.29, 1.82) is 0 Å². The standard InChI is InChI=1S/C14H18N2O5/c1-14(2,3)21-8(17)5-16-11(13(19)20)9-6-4-7(6)12(18)10(9)15-16/h6-7,12,18H,4-5H2,1-3H3,(H,19,20). The van der Waals surface area contributed by atoms with E-state index in [1.165, 1.54) is 0 Å². The zero-order valence-electron chi connectivity index (χ0n) is 12.2. The van der Waals surface area contributed by atoms with Crippen molar-refractivity contribution in [3.8, 4) is 0 Å². The maximum Gasteiger partial charge on any atom is 0.354 e. The highest BCUT2D eigenvalue weighted by Crippen LogP contribution is 2.62.